The summed E-state index contributed by atoms with van der Waals surface area (Å²) < 4.78 is 0. The van der Waals surface area contributed by atoms with E-state index in [2.05, 4.69) is 52.9 Å². The maximum Gasteiger partial charge on any atom is 0.405 e. The Balaban J connectivity index is 2.56. The van der Waals surface area contributed by atoms with Crippen LogP contribution < -0.4 is 16.0 Å². The topological polar surface area (TPSA) is 73.4 Å². The molecule has 4 N–H and O–H groups in total. The number of likely N-dealkylation sites (N-methyl/N-ethyl adjacent to an activating group) is 1. The van der Waals surface area contributed by atoms with Gasteiger partial charge in [0.2, 0.25) is 0 Å². The van der Waals surface area contributed by atoms with Crippen LogP contribution in [0.4, 0.5) is 4.79 Å². The Morgan fingerprint density at radius 1 is 1.36 bits per heavy atom. The van der Waals surface area contributed by atoms with E-state index < -0.39 is 11.6 Å². The molecule has 0 aliphatic heterocycles. The standard InChI is InChI=1S/C23H33N3O2/c1-5-7-9-17(6-2)18-11-12-19(15-24-3)20(14-18)21-10-8-13-23(21,16-25-4)26-22(27)28/h5-7,9,11-12,14,21,24-26H,1,8,10,13,15-16H2,2-4H3,(H,27,28)/b9-7-,17-6+. The number of amides is 1. The van der Waals surface area contributed by atoms with E-state index in [1.807, 2.05) is 27.1 Å². The first-order valence-electron chi connectivity index (χ1n) is 9.90. The van der Waals surface area contributed by atoms with Crippen molar-refractivity contribution in [1.82, 2.24) is 16.0 Å². The highest BCUT2D eigenvalue weighted by Gasteiger charge is 2.45. The van der Waals surface area contributed by atoms with Crippen molar-refractivity contribution in [2.24, 2.45) is 0 Å². The van der Waals surface area contributed by atoms with Gasteiger partial charge >= 0.3 is 6.09 Å². The Kier molecular flexibility index (Phi) is 8.03. The van der Waals surface area contributed by atoms with Crippen LogP contribution in [-0.4, -0.2) is 37.4 Å². The fourth-order valence-electron chi connectivity index (χ4n) is 4.44. The van der Waals surface area contributed by atoms with E-state index in [1.54, 1.807) is 6.08 Å². The smallest absolute Gasteiger partial charge is 0.405 e. The van der Waals surface area contributed by atoms with Gasteiger partial charge in [0.05, 0.1) is 5.54 Å². The molecule has 1 aliphatic rings. The summed E-state index contributed by atoms with van der Waals surface area (Å²) in [5, 5.41) is 18.8. The predicted molar refractivity (Wildman–Crippen MR) is 117 cm³/mol. The highest BCUT2D eigenvalue weighted by Crippen LogP contribution is 2.44. The van der Waals surface area contributed by atoms with Gasteiger partial charge in [-0.1, -0.05) is 55.5 Å². The van der Waals surface area contributed by atoms with Crippen LogP contribution in [-0.2, 0) is 6.54 Å². The molecule has 1 aliphatic carbocycles. The third kappa shape index (κ3) is 4.91. The van der Waals surface area contributed by atoms with Gasteiger partial charge in [-0.25, -0.2) is 4.79 Å². The third-order valence-corrected chi connectivity index (χ3v) is 5.58. The monoisotopic (exact) mass is 383 g/mol. The third-order valence-electron chi connectivity index (χ3n) is 5.58. The average Bonchev–Trinajstić information content (AvgIpc) is 3.06. The second kappa shape index (κ2) is 10.2. The van der Waals surface area contributed by atoms with Crippen molar-refractivity contribution in [2.75, 3.05) is 20.6 Å². The minimum absolute atomic E-state index is 0.126. The molecule has 2 atom stereocenters. The predicted octanol–water partition coefficient (Wildman–Crippen LogP) is 4.04. The van der Waals surface area contributed by atoms with Crippen LogP contribution in [0.3, 0.4) is 0 Å². The molecule has 28 heavy (non-hydrogen) atoms. The zero-order valence-corrected chi connectivity index (χ0v) is 17.2. The molecule has 2 unspecified atom stereocenters. The summed E-state index contributed by atoms with van der Waals surface area (Å²) in [5.41, 5.74) is 4.21. The molecule has 1 amide bonds. The lowest BCUT2D eigenvalue weighted by Gasteiger charge is -2.37. The lowest BCUT2D eigenvalue weighted by atomic mass is 9.78. The number of hydrogen-bond donors (Lipinski definition) is 4. The minimum atomic E-state index is -0.962. The SMILES string of the molecule is C=C/C=C\C(=C/C)c1ccc(CNC)c(C2CCCC2(CNC)NC(=O)O)c1. The maximum absolute atomic E-state index is 11.6. The van der Waals surface area contributed by atoms with Gasteiger partial charge in [-0.2, -0.15) is 0 Å². The van der Waals surface area contributed by atoms with Gasteiger partial charge < -0.3 is 21.1 Å². The highest BCUT2D eigenvalue weighted by atomic mass is 16.4. The average molecular weight is 384 g/mol. The molecular weight excluding hydrogens is 350 g/mol. The van der Waals surface area contributed by atoms with E-state index in [9.17, 15) is 9.90 Å². The van der Waals surface area contributed by atoms with Crippen LogP contribution in [0.2, 0.25) is 0 Å². The molecule has 1 saturated carbocycles. The second-order valence-electron chi connectivity index (χ2n) is 7.34. The lowest BCUT2D eigenvalue weighted by molar-refractivity contribution is 0.172. The molecule has 1 aromatic carbocycles. The zero-order chi connectivity index (χ0) is 20.6. The van der Waals surface area contributed by atoms with E-state index in [4.69, 9.17) is 0 Å². The Labute approximate surface area is 168 Å². The molecule has 1 fully saturated rings. The van der Waals surface area contributed by atoms with Crippen LogP contribution >= 0.6 is 0 Å². The van der Waals surface area contributed by atoms with Crippen molar-refractivity contribution in [3.63, 3.8) is 0 Å². The summed E-state index contributed by atoms with van der Waals surface area (Å²) in [4.78, 5) is 11.6. The largest absolute Gasteiger partial charge is 0.465 e. The van der Waals surface area contributed by atoms with Gasteiger partial charge in [0.1, 0.15) is 0 Å². The number of carboxylic acid groups (broad SMARTS) is 1. The van der Waals surface area contributed by atoms with E-state index >= 15 is 0 Å². The number of hydrogen-bond acceptors (Lipinski definition) is 3. The Morgan fingerprint density at radius 2 is 2.14 bits per heavy atom. The van der Waals surface area contributed by atoms with E-state index in [0.29, 0.717) is 6.54 Å². The van der Waals surface area contributed by atoms with Gasteiger partial charge in [-0.3, -0.25) is 0 Å². The fraction of sp³-hybridized carbons (Fsp3) is 0.435. The molecule has 5 heteroatoms. The van der Waals surface area contributed by atoms with Crippen molar-refractivity contribution in [2.45, 2.75) is 44.2 Å². The first-order valence-corrected chi connectivity index (χ1v) is 9.90. The van der Waals surface area contributed by atoms with Crippen molar-refractivity contribution in [3.8, 4) is 0 Å². The van der Waals surface area contributed by atoms with E-state index in [0.717, 1.165) is 36.9 Å². The number of nitrogens with one attached hydrogen (secondary N) is 3. The molecular formula is C23H33N3O2. The lowest BCUT2D eigenvalue weighted by Crippen LogP contribution is -2.55. The molecule has 0 bridgehead atoms. The number of rotatable bonds is 9. The molecule has 5 nitrogen and oxygen atoms in total. The van der Waals surface area contributed by atoms with Crippen molar-refractivity contribution in [1.29, 1.82) is 0 Å². The van der Waals surface area contributed by atoms with Crippen molar-refractivity contribution < 1.29 is 9.90 Å². The van der Waals surface area contributed by atoms with Crippen LogP contribution in [0.15, 0.2) is 49.1 Å². The second-order valence-corrected chi connectivity index (χ2v) is 7.34. The summed E-state index contributed by atoms with van der Waals surface area (Å²) in [6, 6.07) is 6.53. The highest BCUT2D eigenvalue weighted by molar-refractivity contribution is 5.75. The molecule has 0 radical (unpaired) electrons. The number of carbonyl (C=O) groups is 1. The first-order chi connectivity index (χ1) is 13.5. The summed E-state index contributed by atoms with van der Waals surface area (Å²) >= 11 is 0. The van der Waals surface area contributed by atoms with Gasteiger partial charge in [-0.15, -0.1) is 0 Å². The zero-order valence-electron chi connectivity index (χ0n) is 17.2. The quantitative estimate of drug-likeness (QED) is 0.486. The Hall–Kier alpha value is -2.37. The van der Waals surface area contributed by atoms with Crippen LogP contribution in [0, 0.1) is 0 Å². The Morgan fingerprint density at radius 3 is 2.75 bits per heavy atom. The van der Waals surface area contributed by atoms with E-state index in [1.165, 1.54) is 11.1 Å². The minimum Gasteiger partial charge on any atom is -0.465 e. The molecule has 1 aromatic rings. The molecule has 0 spiro atoms. The first kappa shape index (κ1) is 21.9. The fourth-order valence-corrected chi connectivity index (χ4v) is 4.44. The van der Waals surface area contributed by atoms with Gasteiger partial charge in [0, 0.05) is 19.0 Å². The normalized spacial score (nSPS) is 22.5. The van der Waals surface area contributed by atoms with Crippen LogP contribution in [0.25, 0.3) is 5.57 Å². The summed E-state index contributed by atoms with van der Waals surface area (Å²) in [6.45, 7) is 7.14. The van der Waals surface area contributed by atoms with Crippen LogP contribution in [0.1, 0.15) is 48.8 Å². The Bertz CT molecular complexity index is 754. The van der Waals surface area contributed by atoms with Crippen molar-refractivity contribution in [3.05, 3.63) is 65.8 Å². The number of allylic oxidation sites excluding steroid dienone is 5. The molecule has 0 saturated heterocycles. The van der Waals surface area contributed by atoms with Gasteiger partial charge in [0.15, 0.2) is 0 Å². The van der Waals surface area contributed by atoms with Crippen molar-refractivity contribution >= 4 is 11.7 Å². The molecule has 2 rings (SSSR count). The summed E-state index contributed by atoms with van der Waals surface area (Å²) in [5.74, 6) is 0.126. The van der Waals surface area contributed by atoms with Gasteiger partial charge in [-0.05, 0) is 56.1 Å². The summed E-state index contributed by atoms with van der Waals surface area (Å²) in [6.07, 6.45) is 9.68. The van der Waals surface area contributed by atoms with E-state index in [-0.39, 0.29) is 5.92 Å². The molecule has 0 aromatic heterocycles. The molecule has 0 heterocycles. The van der Waals surface area contributed by atoms with Crippen LogP contribution in [0.5, 0.6) is 0 Å². The summed E-state index contributed by atoms with van der Waals surface area (Å²) in [7, 11) is 3.82. The van der Waals surface area contributed by atoms with Gasteiger partial charge in [0.25, 0.3) is 0 Å². The number of benzene rings is 1. The molecule has 152 valence electrons. The maximum atomic E-state index is 11.6.